The van der Waals surface area contributed by atoms with Gasteiger partial charge < -0.3 is 10.2 Å². The molecule has 1 aliphatic heterocycles. The lowest BCUT2D eigenvalue weighted by Crippen LogP contribution is -2.46. The van der Waals surface area contributed by atoms with Crippen LogP contribution in [0.5, 0.6) is 0 Å². The van der Waals surface area contributed by atoms with Crippen LogP contribution in [0.3, 0.4) is 0 Å². The van der Waals surface area contributed by atoms with Gasteiger partial charge in [-0.05, 0) is 38.2 Å². The molecule has 1 aromatic carbocycles. The minimum atomic E-state index is 0.118. The van der Waals surface area contributed by atoms with Crippen molar-refractivity contribution in [2.24, 2.45) is 0 Å². The quantitative estimate of drug-likeness (QED) is 0.834. The number of hydrogen-bond acceptors (Lipinski definition) is 2. The highest BCUT2D eigenvalue weighted by molar-refractivity contribution is 5.77. The molecule has 1 aliphatic rings. The summed E-state index contributed by atoms with van der Waals surface area (Å²) < 4.78 is 0. The number of carbonyl (C=O) groups excluding carboxylic acids is 2. The first-order valence-corrected chi connectivity index (χ1v) is 9.21. The van der Waals surface area contributed by atoms with Crippen LogP contribution in [0.25, 0.3) is 0 Å². The summed E-state index contributed by atoms with van der Waals surface area (Å²) in [6.07, 6.45) is 5.72. The minimum absolute atomic E-state index is 0.118. The Morgan fingerprint density at radius 3 is 2.62 bits per heavy atom. The molecule has 0 radical (unpaired) electrons. The second-order valence-electron chi connectivity index (χ2n) is 6.82. The van der Waals surface area contributed by atoms with Gasteiger partial charge in [0, 0.05) is 32.0 Å². The smallest absolute Gasteiger partial charge is 0.222 e. The maximum Gasteiger partial charge on any atom is 0.222 e. The predicted molar refractivity (Wildman–Crippen MR) is 96.8 cm³/mol. The lowest BCUT2D eigenvalue weighted by Gasteiger charge is -2.32. The molecule has 24 heavy (non-hydrogen) atoms. The molecule has 132 valence electrons. The fraction of sp³-hybridized carbons (Fsp3) is 0.600. The third kappa shape index (κ3) is 5.99. The number of likely N-dealkylation sites (tertiary alicyclic amines) is 1. The molecule has 0 aliphatic carbocycles. The zero-order valence-corrected chi connectivity index (χ0v) is 15.0. The Hall–Kier alpha value is -1.84. The second kappa shape index (κ2) is 9.45. The van der Waals surface area contributed by atoms with E-state index in [1.165, 1.54) is 11.1 Å². The number of amides is 2. The Bertz CT molecular complexity index is 548. The average molecular weight is 330 g/mol. The zero-order valence-electron chi connectivity index (χ0n) is 15.0. The molecule has 1 saturated heterocycles. The van der Waals surface area contributed by atoms with Crippen LogP contribution in [0.1, 0.15) is 56.6 Å². The van der Waals surface area contributed by atoms with Crippen molar-refractivity contribution in [1.82, 2.24) is 10.2 Å². The number of rotatable bonds is 7. The first-order valence-electron chi connectivity index (χ1n) is 9.21. The van der Waals surface area contributed by atoms with Gasteiger partial charge in [0.25, 0.3) is 0 Å². The third-order valence-electron chi connectivity index (χ3n) is 4.68. The molecule has 0 atom stereocenters. The van der Waals surface area contributed by atoms with Crippen LogP contribution < -0.4 is 5.32 Å². The Balaban J connectivity index is 1.67. The van der Waals surface area contributed by atoms with E-state index in [0.717, 1.165) is 45.2 Å². The number of nitrogens with one attached hydrogen (secondary N) is 1. The van der Waals surface area contributed by atoms with Gasteiger partial charge in [0.1, 0.15) is 0 Å². The Labute approximate surface area is 145 Å². The summed E-state index contributed by atoms with van der Waals surface area (Å²) in [5, 5.41) is 3.13. The standard InChI is InChI=1S/C20H30N2O2/c1-3-4-8-20(24)22-13-11-18(12-14-22)21-19(23)10-9-17-7-5-6-16(2)15-17/h5-7,15,18H,3-4,8-14H2,1-2H3,(H,21,23). The molecule has 0 unspecified atom stereocenters. The number of hydrogen-bond donors (Lipinski definition) is 1. The molecule has 0 aromatic heterocycles. The minimum Gasteiger partial charge on any atom is -0.353 e. The van der Waals surface area contributed by atoms with E-state index in [4.69, 9.17) is 0 Å². The third-order valence-corrected chi connectivity index (χ3v) is 4.68. The second-order valence-corrected chi connectivity index (χ2v) is 6.82. The molecule has 1 fully saturated rings. The highest BCUT2D eigenvalue weighted by Crippen LogP contribution is 2.13. The maximum absolute atomic E-state index is 12.1. The fourth-order valence-corrected chi connectivity index (χ4v) is 3.18. The van der Waals surface area contributed by atoms with Crippen LogP contribution >= 0.6 is 0 Å². The maximum atomic E-state index is 12.1. The topological polar surface area (TPSA) is 49.4 Å². The summed E-state index contributed by atoms with van der Waals surface area (Å²) in [5.74, 6) is 0.383. The van der Waals surface area contributed by atoms with Crippen molar-refractivity contribution in [3.63, 3.8) is 0 Å². The first-order chi connectivity index (χ1) is 11.6. The van der Waals surface area contributed by atoms with E-state index in [1.54, 1.807) is 0 Å². The number of aryl methyl sites for hydroxylation is 2. The molecule has 4 nitrogen and oxygen atoms in total. The van der Waals surface area contributed by atoms with Gasteiger partial charge in [0.05, 0.1) is 0 Å². The Morgan fingerprint density at radius 2 is 1.96 bits per heavy atom. The van der Waals surface area contributed by atoms with Gasteiger partial charge in [-0.1, -0.05) is 43.2 Å². The summed E-state index contributed by atoms with van der Waals surface area (Å²) in [5.41, 5.74) is 2.44. The van der Waals surface area contributed by atoms with E-state index < -0.39 is 0 Å². The van der Waals surface area contributed by atoms with Crippen molar-refractivity contribution >= 4 is 11.8 Å². The number of carbonyl (C=O) groups is 2. The first kappa shape index (κ1) is 18.5. The molecule has 1 N–H and O–H groups in total. The molecule has 0 bridgehead atoms. The van der Waals surface area contributed by atoms with Gasteiger partial charge in [0.15, 0.2) is 0 Å². The van der Waals surface area contributed by atoms with Crippen LogP contribution in [0.4, 0.5) is 0 Å². The summed E-state index contributed by atoms with van der Waals surface area (Å²) in [4.78, 5) is 26.1. The molecule has 0 spiro atoms. The van der Waals surface area contributed by atoms with Crippen LogP contribution in [-0.4, -0.2) is 35.8 Å². The molecule has 1 aromatic rings. The Kier molecular flexibility index (Phi) is 7.29. The molecular weight excluding hydrogens is 300 g/mol. The van der Waals surface area contributed by atoms with E-state index in [1.807, 2.05) is 11.0 Å². The van der Waals surface area contributed by atoms with Gasteiger partial charge in [-0.2, -0.15) is 0 Å². The van der Waals surface area contributed by atoms with Crippen molar-refractivity contribution in [1.29, 1.82) is 0 Å². The summed E-state index contributed by atoms with van der Waals surface area (Å²) in [6.45, 7) is 5.71. The number of unbranched alkanes of at least 4 members (excludes halogenated alkanes) is 1. The SMILES string of the molecule is CCCCC(=O)N1CCC(NC(=O)CCc2cccc(C)c2)CC1. The molecule has 0 saturated carbocycles. The van der Waals surface area contributed by atoms with Gasteiger partial charge in [-0.25, -0.2) is 0 Å². The van der Waals surface area contributed by atoms with Crippen molar-refractivity contribution in [3.8, 4) is 0 Å². The van der Waals surface area contributed by atoms with Gasteiger partial charge in [-0.3, -0.25) is 9.59 Å². The molecular formula is C20H30N2O2. The highest BCUT2D eigenvalue weighted by Gasteiger charge is 2.23. The predicted octanol–water partition coefficient (Wildman–Crippen LogP) is 3.23. The average Bonchev–Trinajstić information content (AvgIpc) is 2.58. The number of nitrogens with zero attached hydrogens (tertiary/aromatic N) is 1. The molecule has 2 amide bonds. The largest absolute Gasteiger partial charge is 0.353 e. The summed E-state index contributed by atoms with van der Waals surface area (Å²) >= 11 is 0. The van der Waals surface area contributed by atoms with Crippen LogP contribution in [0.15, 0.2) is 24.3 Å². The van der Waals surface area contributed by atoms with Gasteiger partial charge in [0.2, 0.25) is 11.8 Å². The van der Waals surface area contributed by atoms with E-state index >= 15 is 0 Å². The summed E-state index contributed by atoms with van der Waals surface area (Å²) in [6, 6.07) is 8.52. The van der Waals surface area contributed by atoms with E-state index in [0.29, 0.717) is 12.8 Å². The van der Waals surface area contributed by atoms with Crippen LogP contribution in [0, 0.1) is 6.92 Å². The Morgan fingerprint density at radius 1 is 1.21 bits per heavy atom. The fourth-order valence-electron chi connectivity index (χ4n) is 3.18. The normalized spacial score (nSPS) is 15.3. The lowest BCUT2D eigenvalue weighted by molar-refractivity contribution is -0.132. The van der Waals surface area contributed by atoms with Gasteiger partial charge in [-0.15, -0.1) is 0 Å². The van der Waals surface area contributed by atoms with E-state index in [-0.39, 0.29) is 17.9 Å². The van der Waals surface area contributed by atoms with Crippen LogP contribution in [-0.2, 0) is 16.0 Å². The number of benzene rings is 1. The van der Waals surface area contributed by atoms with Gasteiger partial charge >= 0.3 is 0 Å². The van der Waals surface area contributed by atoms with E-state index in [9.17, 15) is 9.59 Å². The zero-order chi connectivity index (χ0) is 17.4. The molecule has 1 heterocycles. The summed E-state index contributed by atoms with van der Waals surface area (Å²) in [7, 11) is 0. The lowest BCUT2D eigenvalue weighted by atomic mass is 10.0. The van der Waals surface area contributed by atoms with E-state index in [2.05, 4.69) is 37.4 Å². The molecule has 2 rings (SSSR count). The van der Waals surface area contributed by atoms with Crippen LogP contribution in [0.2, 0.25) is 0 Å². The molecule has 4 heteroatoms. The van der Waals surface area contributed by atoms with Crippen molar-refractivity contribution in [3.05, 3.63) is 35.4 Å². The monoisotopic (exact) mass is 330 g/mol. The van der Waals surface area contributed by atoms with Crippen molar-refractivity contribution in [2.45, 2.75) is 64.8 Å². The highest BCUT2D eigenvalue weighted by atomic mass is 16.2. The van der Waals surface area contributed by atoms with Crippen molar-refractivity contribution < 1.29 is 9.59 Å². The number of piperidine rings is 1. The van der Waals surface area contributed by atoms with Crippen molar-refractivity contribution in [2.75, 3.05) is 13.1 Å².